The summed E-state index contributed by atoms with van der Waals surface area (Å²) in [7, 11) is 4.22. The number of halogens is 1. The molecule has 7 heteroatoms. The Morgan fingerprint density at radius 3 is 2.61 bits per heavy atom. The minimum Gasteiger partial charge on any atom is -0.504 e. The number of aromatic hydroxyl groups is 1. The number of aliphatic hydroxyl groups is 1. The third kappa shape index (κ3) is 3.97. The Morgan fingerprint density at radius 1 is 1.12 bits per heavy atom. The second kappa shape index (κ2) is 9.71. The van der Waals surface area contributed by atoms with Crippen LogP contribution in [0.25, 0.3) is 6.08 Å². The van der Waals surface area contributed by atoms with E-state index in [0.29, 0.717) is 18.6 Å². The molecule has 5 aliphatic rings. The van der Waals surface area contributed by atoms with Gasteiger partial charge in [0.2, 0.25) is 5.91 Å². The van der Waals surface area contributed by atoms with Gasteiger partial charge < -0.3 is 24.3 Å². The van der Waals surface area contributed by atoms with E-state index in [1.807, 2.05) is 24.1 Å². The van der Waals surface area contributed by atoms with Crippen molar-refractivity contribution in [3.8, 4) is 11.5 Å². The third-order valence-corrected chi connectivity index (χ3v) is 11.8. The van der Waals surface area contributed by atoms with Crippen LogP contribution in [0.3, 0.4) is 0 Å². The average molecular weight is 672 g/mol. The Bertz CT molecular complexity index is 1450. The quantitative estimate of drug-likeness (QED) is 0.261. The number of hydrogen-bond donors (Lipinski definition) is 2. The Hall–Kier alpha value is -2.10. The van der Waals surface area contributed by atoms with Gasteiger partial charge in [0.15, 0.2) is 11.5 Å². The molecule has 2 heterocycles. The molecule has 0 aromatic heterocycles. The van der Waals surface area contributed by atoms with E-state index in [9.17, 15) is 15.0 Å². The Kier molecular flexibility index (Phi) is 6.87. The number of benzene rings is 2. The minimum atomic E-state index is -0.932. The lowest BCUT2D eigenvalue weighted by Crippen LogP contribution is -2.82. The summed E-state index contributed by atoms with van der Waals surface area (Å²) >= 11 is 0. The molecule has 7 rings (SSSR count). The number of piperidine rings is 1. The summed E-state index contributed by atoms with van der Waals surface area (Å²) in [6.45, 7) is 8.43. The number of nitrogens with zero attached hydrogens (tertiary/aromatic N) is 2. The fraction of sp³-hybridized carbons (Fsp3) is 0.559. The predicted octanol–water partition coefficient (Wildman–Crippen LogP) is 5.18. The van der Waals surface area contributed by atoms with Crippen LogP contribution in [-0.4, -0.2) is 76.5 Å². The zero-order valence-corrected chi connectivity index (χ0v) is 27.3. The Morgan fingerprint density at radius 2 is 1.88 bits per heavy atom. The molecule has 2 N–H and O–H groups in total. The number of rotatable bonds is 5. The van der Waals surface area contributed by atoms with E-state index < -0.39 is 17.1 Å². The second-order valence-electron chi connectivity index (χ2n) is 13.8. The van der Waals surface area contributed by atoms with Crippen LogP contribution in [0.5, 0.6) is 11.5 Å². The summed E-state index contributed by atoms with van der Waals surface area (Å²) in [4.78, 5) is 15.4. The molecule has 2 aliphatic heterocycles. The normalized spacial score (nSPS) is 34.5. The van der Waals surface area contributed by atoms with Crippen molar-refractivity contribution in [2.75, 3.05) is 27.2 Å². The fourth-order valence-corrected chi connectivity index (χ4v) is 9.13. The number of carbonyl (C=O) groups excluding carboxylic acids is 1. The summed E-state index contributed by atoms with van der Waals surface area (Å²) in [6, 6.07) is 7.87. The number of quaternary nitrogens is 1. The molecule has 6 nitrogen and oxygen atoms in total. The first-order valence-corrected chi connectivity index (χ1v) is 15.1. The van der Waals surface area contributed by atoms with E-state index in [4.69, 9.17) is 4.74 Å². The molecule has 2 aromatic carbocycles. The topological polar surface area (TPSA) is 70.0 Å². The van der Waals surface area contributed by atoms with Gasteiger partial charge in [-0.05, 0) is 86.4 Å². The van der Waals surface area contributed by atoms with Crippen LogP contribution in [0.15, 0.2) is 30.3 Å². The molecular weight excluding hydrogens is 627 g/mol. The monoisotopic (exact) mass is 671 g/mol. The molecule has 1 amide bonds. The third-order valence-electron chi connectivity index (χ3n) is 11.8. The van der Waals surface area contributed by atoms with Gasteiger partial charge in [0.25, 0.3) is 0 Å². The van der Waals surface area contributed by atoms with Gasteiger partial charge in [-0.15, -0.1) is 24.0 Å². The molecule has 41 heavy (non-hydrogen) atoms. The van der Waals surface area contributed by atoms with E-state index in [1.165, 1.54) is 35.1 Å². The van der Waals surface area contributed by atoms with Gasteiger partial charge >= 0.3 is 0 Å². The summed E-state index contributed by atoms with van der Waals surface area (Å²) in [5.41, 5.74) is 5.40. The summed E-state index contributed by atoms with van der Waals surface area (Å²) in [5.74, 6) is 1.38. The Labute approximate surface area is 261 Å². The first-order valence-electron chi connectivity index (χ1n) is 15.1. The maximum atomic E-state index is 13.6. The van der Waals surface area contributed by atoms with Crippen molar-refractivity contribution in [2.24, 2.45) is 5.92 Å². The van der Waals surface area contributed by atoms with Gasteiger partial charge in [-0.3, -0.25) is 4.79 Å². The molecule has 1 unspecified atom stereocenters. The molecule has 6 atom stereocenters. The fourth-order valence-electron chi connectivity index (χ4n) is 9.13. The smallest absolute Gasteiger partial charge is 0.246 e. The zero-order chi connectivity index (χ0) is 28.2. The van der Waals surface area contributed by atoms with Gasteiger partial charge in [0, 0.05) is 37.4 Å². The van der Waals surface area contributed by atoms with Crippen LogP contribution in [0, 0.1) is 26.7 Å². The van der Waals surface area contributed by atoms with Crippen LogP contribution >= 0.6 is 24.0 Å². The van der Waals surface area contributed by atoms with Crippen LogP contribution in [-0.2, 0) is 16.6 Å². The van der Waals surface area contributed by atoms with Crippen molar-refractivity contribution < 1.29 is 24.2 Å². The molecule has 220 valence electrons. The molecule has 2 aromatic rings. The number of likely N-dealkylation sites (N-methyl/N-ethyl adjacent to an activating group) is 2. The molecule has 0 radical (unpaired) electrons. The number of aryl methyl sites for hydroxylation is 1. The van der Waals surface area contributed by atoms with Gasteiger partial charge in [-0.2, -0.15) is 0 Å². The van der Waals surface area contributed by atoms with Gasteiger partial charge in [-0.25, -0.2) is 0 Å². The van der Waals surface area contributed by atoms with Crippen LogP contribution in [0.2, 0.25) is 0 Å². The SMILES string of the molecule is Cc1ccc(/C=C/C(=O)N(C)[C@H]2CC[C@@]3(O)[C@H]4Cc5ccc(O)c6c5[C@@]3(CC[N+]4(C)CC3CC3)[C@H]2O6)c(C)c1C.I. The largest absolute Gasteiger partial charge is 0.504 e. The molecule has 3 aliphatic carbocycles. The first-order chi connectivity index (χ1) is 19.0. The summed E-state index contributed by atoms with van der Waals surface area (Å²) in [5, 5.41) is 23.8. The summed E-state index contributed by atoms with van der Waals surface area (Å²) < 4.78 is 7.60. The molecule has 1 saturated heterocycles. The van der Waals surface area contributed by atoms with Gasteiger partial charge in [-0.1, -0.05) is 18.2 Å². The van der Waals surface area contributed by atoms with Crippen molar-refractivity contribution >= 4 is 36.0 Å². The van der Waals surface area contributed by atoms with E-state index in [-0.39, 0.29) is 47.7 Å². The van der Waals surface area contributed by atoms with Gasteiger partial charge in [0.1, 0.15) is 17.7 Å². The minimum absolute atomic E-state index is 0. The average Bonchev–Trinajstić information content (AvgIpc) is 3.66. The number of ether oxygens (including phenoxy) is 1. The van der Waals surface area contributed by atoms with E-state index in [2.05, 4.69) is 40.0 Å². The molecule has 3 fully saturated rings. The number of phenols is 1. The maximum Gasteiger partial charge on any atom is 0.246 e. The van der Waals surface area contributed by atoms with Crippen molar-refractivity contribution in [2.45, 2.75) is 88.5 Å². The van der Waals surface area contributed by atoms with Gasteiger partial charge in [0.05, 0.1) is 31.6 Å². The highest BCUT2D eigenvalue weighted by Crippen LogP contribution is 2.66. The van der Waals surface area contributed by atoms with Crippen molar-refractivity contribution in [3.05, 3.63) is 63.7 Å². The van der Waals surface area contributed by atoms with Crippen LogP contribution < -0.4 is 4.74 Å². The van der Waals surface area contributed by atoms with E-state index in [0.717, 1.165) is 47.5 Å². The first kappa shape index (κ1) is 29.0. The predicted molar refractivity (Wildman–Crippen MR) is 171 cm³/mol. The highest BCUT2D eigenvalue weighted by Gasteiger charge is 2.76. The highest BCUT2D eigenvalue weighted by molar-refractivity contribution is 14.0. The van der Waals surface area contributed by atoms with Crippen molar-refractivity contribution in [1.29, 1.82) is 0 Å². The lowest BCUT2D eigenvalue weighted by atomic mass is 9.47. The van der Waals surface area contributed by atoms with Crippen LogP contribution in [0.4, 0.5) is 0 Å². The number of hydrogen-bond acceptors (Lipinski definition) is 4. The number of amides is 1. The maximum absolute atomic E-state index is 13.6. The molecular formula is C34H44IN2O4+. The Balaban J connectivity index is 0.00000302. The molecule has 2 bridgehead atoms. The number of phenolic OH excluding ortho intramolecular Hbond substituents is 1. The molecule has 1 spiro atoms. The van der Waals surface area contributed by atoms with E-state index >= 15 is 0 Å². The van der Waals surface area contributed by atoms with E-state index in [1.54, 1.807) is 12.1 Å². The van der Waals surface area contributed by atoms with Crippen molar-refractivity contribution in [3.63, 3.8) is 0 Å². The lowest BCUT2D eigenvalue weighted by Gasteiger charge is -2.66. The highest BCUT2D eigenvalue weighted by atomic mass is 127. The number of likely N-dealkylation sites (tertiary alicyclic amines) is 1. The van der Waals surface area contributed by atoms with Crippen molar-refractivity contribution in [1.82, 2.24) is 4.90 Å². The summed E-state index contributed by atoms with van der Waals surface area (Å²) in [6.07, 6.45) is 8.71. The van der Waals surface area contributed by atoms with Crippen LogP contribution in [0.1, 0.15) is 65.5 Å². The molecule has 2 saturated carbocycles. The standard InChI is InChI=1S/C34H42N2O4.HI/c1-20-6-9-24(22(3)21(20)2)11-13-29(38)35(4)26-14-15-34(39)28-18-25-10-12-27(37)31-30(25)33(34,32(26)40-31)16-17-36(28,5)19-23-7-8-23;/h6,9-13,23,26,28,32,39H,7-8,14-19H2,1-5H3;1H/p+1/b13-11+;/t26-,28+,32-,33-,34+,36?;/m0./s1. The zero-order valence-electron chi connectivity index (χ0n) is 24.9. The lowest BCUT2D eigenvalue weighted by molar-refractivity contribution is -0.950. The second-order valence-corrected chi connectivity index (χ2v) is 13.8. The number of carbonyl (C=O) groups is 1.